The fraction of sp³-hybridized carbons (Fsp3) is 0.625. The third-order valence-corrected chi connectivity index (χ3v) is 3.95. The van der Waals surface area contributed by atoms with E-state index in [0.29, 0.717) is 11.0 Å². The molecule has 0 fully saturated rings. The zero-order chi connectivity index (χ0) is 15.4. The van der Waals surface area contributed by atoms with Gasteiger partial charge >= 0.3 is 0 Å². The first kappa shape index (κ1) is 19.1. The Bertz CT molecular complexity index is 358. The molecule has 0 aliphatic heterocycles. The van der Waals surface area contributed by atoms with Crippen LogP contribution < -0.4 is 9.46 Å². The molecule has 0 spiro atoms. The van der Waals surface area contributed by atoms with Crippen molar-refractivity contribution >= 4 is 11.9 Å². The summed E-state index contributed by atoms with van der Waals surface area (Å²) < 4.78 is 8.47. The quantitative estimate of drug-likeness (QED) is 0.551. The molecule has 3 nitrogen and oxygen atoms in total. The fourth-order valence-corrected chi connectivity index (χ4v) is 2.24. The topological polar surface area (TPSA) is 41.5 Å². The molecule has 1 aromatic carbocycles. The second-order valence-electron chi connectivity index (χ2n) is 4.34. The Morgan fingerprint density at radius 1 is 1.35 bits per heavy atom. The standard InChI is InChI=1S/C14H23NO2S.C2H6/c1-4-11(2)18-15-9-5-6-12-7-8-13(16)14(10-12)17-3;1-2/h7-8,10-11,15-16H,4-6,9H2,1-3H3;1-2H3. The van der Waals surface area contributed by atoms with Gasteiger partial charge in [-0.3, -0.25) is 4.72 Å². The highest BCUT2D eigenvalue weighted by Crippen LogP contribution is 2.26. The molecule has 0 aromatic heterocycles. The van der Waals surface area contributed by atoms with Crippen molar-refractivity contribution in [3.8, 4) is 11.5 Å². The van der Waals surface area contributed by atoms with E-state index in [1.165, 1.54) is 12.0 Å². The zero-order valence-electron chi connectivity index (χ0n) is 13.4. The van der Waals surface area contributed by atoms with Gasteiger partial charge in [-0.1, -0.05) is 45.7 Å². The maximum atomic E-state index is 9.49. The number of rotatable bonds is 8. The number of aromatic hydroxyl groups is 1. The van der Waals surface area contributed by atoms with Gasteiger partial charge < -0.3 is 9.84 Å². The van der Waals surface area contributed by atoms with Crippen LogP contribution in [0.1, 0.15) is 46.1 Å². The third-order valence-electron chi connectivity index (χ3n) is 2.85. The summed E-state index contributed by atoms with van der Waals surface area (Å²) >= 11 is 1.81. The first-order valence-corrected chi connectivity index (χ1v) is 8.29. The van der Waals surface area contributed by atoms with E-state index in [4.69, 9.17) is 4.74 Å². The normalized spacial score (nSPS) is 11.4. The molecule has 0 saturated carbocycles. The second kappa shape index (κ2) is 11.9. The van der Waals surface area contributed by atoms with E-state index in [2.05, 4.69) is 18.6 Å². The molecule has 2 N–H and O–H groups in total. The predicted molar refractivity (Wildman–Crippen MR) is 89.7 cm³/mol. The summed E-state index contributed by atoms with van der Waals surface area (Å²) in [4.78, 5) is 0. The number of methoxy groups -OCH3 is 1. The van der Waals surface area contributed by atoms with Gasteiger partial charge in [0.15, 0.2) is 11.5 Å². The summed E-state index contributed by atoms with van der Waals surface area (Å²) in [7, 11) is 1.57. The number of hydrogen-bond acceptors (Lipinski definition) is 4. The lowest BCUT2D eigenvalue weighted by Gasteiger charge is -2.09. The largest absolute Gasteiger partial charge is 0.504 e. The molecular weight excluding hydrogens is 270 g/mol. The van der Waals surface area contributed by atoms with Crippen molar-refractivity contribution in [1.29, 1.82) is 0 Å². The van der Waals surface area contributed by atoms with Crippen LogP contribution in [0.5, 0.6) is 11.5 Å². The number of nitrogens with one attached hydrogen (secondary N) is 1. The highest BCUT2D eigenvalue weighted by atomic mass is 32.2. The van der Waals surface area contributed by atoms with Crippen LogP contribution in [0.15, 0.2) is 18.2 Å². The highest BCUT2D eigenvalue weighted by Gasteiger charge is 2.03. The van der Waals surface area contributed by atoms with Gasteiger partial charge in [-0.15, -0.1) is 0 Å². The molecule has 0 aliphatic carbocycles. The average Bonchev–Trinajstić information content (AvgIpc) is 2.50. The summed E-state index contributed by atoms with van der Waals surface area (Å²) in [6, 6.07) is 5.53. The van der Waals surface area contributed by atoms with Crippen molar-refractivity contribution in [2.45, 2.75) is 52.2 Å². The molecular formula is C16H29NO2S. The minimum Gasteiger partial charge on any atom is -0.504 e. The molecule has 4 heteroatoms. The van der Waals surface area contributed by atoms with Crippen LogP contribution in [0.25, 0.3) is 0 Å². The summed E-state index contributed by atoms with van der Waals surface area (Å²) in [6.45, 7) is 9.42. The van der Waals surface area contributed by atoms with Crippen molar-refractivity contribution < 1.29 is 9.84 Å². The number of aryl methyl sites for hydroxylation is 1. The van der Waals surface area contributed by atoms with Crippen LogP contribution in [0.2, 0.25) is 0 Å². The molecule has 0 heterocycles. The van der Waals surface area contributed by atoms with Crippen molar-refractivity contribution in [1.82, 2.24) is 4.72 Å². The molecule has 0 bridgehead atoms. The number of hydrogen-bond donors (Lipinski definition) is 2. The molecule has 0 amide bonds. The second-order valence-corrected chi connectivity index (χ2v) is 5.67. The predicted octanol–water partition coefficient (Wildman–Crippen LogP) is 4.40. The minimum atomic E-state index is 0.201. The molecule has 0 aliphatic rings. The highest BCUT2D eigenvalue weighted by molar-refractivity contribution is 7.98. The molecule has 0 radical (unpaired) electrons. The van der Waals surface area contributed by atoms with Crippen LogP contribution in [0.4, 0.5) is 0 Å². The van der Waals surface area contributed by atoms with Crippen molar-refractivity contribution in [2.24, 2.45) is 0 Å². The van der Waals surface area contributed by atoms with Crippen LogP contribution >= 0.6 is 11.9 Å². The van der Waals surface area contributed by atoms with Gasteiger partial charge in [-0.25, -0.2) is 0 Å². The Labute approximate surface area is 128 Å². The van der Waals surface area contributed by atoms with E-state index in [9.17, 15) is 5.11 Å². The van der Waals surface area contributed by atoms with Gasteiger partial charge in [0.1, 0.15) is 0 Å². The first-order chi connectivity index (χ1) is 9.67. The molecule has 116 valence electrons. The van der Waals surface area contributed by atoms with E-state index in [-0.39, 0.29) is 5.75 Å². The van der Waals surface area contributed by atoms with Crippen molar-refractivity contribution in [3.63, 3.8) is 0 Å². The Morgan fingerprint density at radius 3 is 2.65 bits per heavy atom. The van der Waals surface area contributed by atoms with Gasteiger partial charge in [0.05, 0.1) is 7.11 Å². The number of ether oxygens (including phenoxy) is 1. The van der Waals surface area contributed by atoms with Crippen molar-refractivity contribution in [2.75, 3.05) is 13.7 Å². The van der Waals surface area contributed by atoms with E-state index >= 15 is 0 Å². The van der Waals surface area contributed by atoms with Crippen molar-refractivity contribution in [3.05, 3.63) is 23.8 Å². The first-order valence-electron chi connectivity index (χ1n) is 7.41. The van der Waals surface area contributed by atoms with Gasteiger partial charge in [-0.05, 0) is 37.0 Å². The van der Waals surface area contributed by atoms with E-state index < -0.39 is 0 Å². The molecule has 1 atom stereocenters. The van der Waals surface area contributed by atoms with E-state index in [1.807, 2.05) is 26.0 Å². The van der Waals surface area contributed by atoms with Crippen LogP contribution in [0, 0.1) is 0 Å². The number of phenolic OH excluding ortho intramolecular Hbond substituents is 1. The van der Waals surface area contributed by atoms with Gasteiger partial charge in [0.25, 0.3) is 0 Å². The van der Waals surface area contributed by atoms with Crippen LogP contribution in [0.3, 0.4) is 0 Å². The fourth-order valence-electron chi connectivity index (χ4n) is 1.53. The van der Waals surface area contributed by atoms with Crippen LogP contribution in [-0.2, 0) is 6.42 Å². The molecule has 1 unspecified atom stereocenters. The van der Waals surface area contributed by atoms with E-state index in [0.717, 1.165) is 19.4 Å². The zero-order valence-corrected chi connectivity index (χ0v) is 14.2. The van der Waals surface area contributed by atoms with Crippen LogP contribution in [-0.4, -0.2) is 24.0 Å². The SMILES string of the molecule is CC.CCC(C)SNCCCc1ccc(O)c(OC)c1. The Hall–Kier alpha value is -0.870. The molecule has 1 aromatic rings. The van der Waals surface area contributed by atoms with Gasteiger partial charge in [0, 0.05) is 11.8 Å². The maximum Gasteiger partial charge on any atom is 0.160 e. The Kier molecular flexibility index (Phi) is 11.4. The lowest BCUT2D eigenvalue weighted by atomic mass is 10.1. The summed E-state index contributed by atoms with van der Waals surface area (Å²) in [5.41, 5.74) is 1.19. The number of benzene rings is 1. The lowest BCUT2D eigenvalue weighted by Crippen LogP contribution is -2.11. The minimum absolute atomic E-state index is 0.201. The maximum absolute atomic E-state index is 9.49. The summed E-state index contributed by atoms with van der Waals surface area (Å²) in [6.07, 6.45) is 3.26. The molecule has 20 heavy (non-hydrogen) atoms. The third kappa shape index (κ3) is 7.65. The lowest BCUT2D eigenvalue weighted by molar-refractivity contribution is 0.373. The Morgan fingerprint density at radius 2 is 2.05 bits per heavy atom. The van der Waals surface area contributed by atoms with Gasteiger partial charge in [-0.2, -0.15) is 0 Å². The smallest absolute Gasteiger partial charge is 0.160 e. The van der Waals surface area contributed by atoms with E-state index in [1.54, 1.807) is 25.1 Å². The molecule has 0 saturated heterocycles. The summed E-state index contributed by atoms with van der Waals surface area (Å²) in [5.74, 6) is 0.751. The number of phenols is 1. The Balaban J connectivity index is 0.00000172. The van der Waals surface area contributed by atoms with Gasteiger partial charge in [0.2, 0.25) is 0 Å². The summed E-state index contributed by atoms with van der Waals surface area (Å²) in [5, 5.41) is 10.2. The molecule has 1 rings (SSSR count). The monoisotopic (exact) mass is 299 g/mol. The average molecular weight is 299 g/mol.